The molecule has 18 heavy (non-hydrogen) atoms. The van der Waals surface area contributed by atoms with Crippen molar-refractivity contribution in [2.45, 2.75) is 31.9 Å². The topological polar surface area (TPSA) is 75.4 Å². The van der Waals surface area contributed by atoms with Gasteiger partial charge in [0.05, 0.1) is 6.10 Å². The maximum atomic E-state index is 11.9. The second-order valence-electron chi connectivity index (χ2n) is 4.94. The minimum absolute atomic E-state index is 0.0556. The molecule has 1 saturated carbocycles. The van der Waals surface area contributed by atoms with Gasteiger partial charge in [0.25, 0.3) is 5.91 Å². The van der Waals surface area contributed by atoms with Crippen LogP contribution in [0.5, 0.6) is 0 Å². The summed E-state index contributed by atoms with van der Waals surface area (Å²) in [6.07, 6.45) is 2.46. The third-order valence-electron chi connectivity index (χ3n) is 3.52. The molecule has 0 aliphatic heterocycles. The van der Waals surface area contributed by atoms with E-state index in [1.54, 1.807) is 12.1 Å². The van der Waals surface area contributed by atoms with Crippen LogP contribution in [0.15, 0.2) is 24.3 Å². The maximum absolute atomic E-state index is 11.9. The van der Waals surface area contributed by atoms with E-state index in [1.807, 2.05) is 12.1 Å². The molecule has 1 aliphatic carbocycles. The molecule has 2 atom stereocenters. The van der Waals surface area contributed by atoms with E-state index in [2.05, 4.69) is 5.32 Å². The first-order chi connectivity index (χ1) is 8.69. The smallest absolute Gasteiger partial charge is 0.251 e. The first kappa shape index (κ1) is 13.1. The summed E-state index contributed by atoms with van der Waals surface area (Å²) in [5.41, 5.74) is 7.18. The van der Waals surface area contributed by atoms with E-state index in [4.69, 9.17) is 5.73 Å². The molecule has 1 amide bonds. The Morgan fingerprint density at radius 1 is 1.33 bits per heavy atom. The molecule has 0 aromatic heterocycles. The van der Waals surface area contributed by atoms with Crippen molar-refractivity contribution in [2.75, 3.05) is 6.54 Å². The van der Waals surface area contributed by atoms with Crippen LogP contribution in [-0.2, 0) is 6.54 Å². The van der Waals surface area contributed by atoms with E-state index in [9.17, 15) is 9.90 Å². The van der Waals surface area contributed by atoms with Crippen molar-refractivity contribution in [1.82, 2.24) is 5.32 Å². The average molecular weight is 248 g/mol. The van der Waals surface area contributed by atoms with Crippen LogP contribution in [0.4, 0.5) is 0 Å². The van der Waals surface area contributed by atoms with Gasteiger partial charge in [0.2, 0.25) is 0 Å². The predicted octanol–water partition coefficient (Wildman–Crippen LogP) is 1.04. The van der Waals surface area contributed by atoms with Crippen LogP contribution in [0.25, 0.3) is 0 Å². The number of amides is 1. The van der Waals surface area contributed by atoms with Crippen LogP contribution >= 0.6 is 0 Å². The van der Waals surface area contributed by atoms with E-state index < -0.39 is 0 Å². The van der Waals surface area contributed by atoms with E-state index in [0.717, 1.165) is 24.8 Å². The molecule has 1 aromatic carbocycles. The molecule has 98 valence electrons. The minimum Gasteiger partial charge on any atom is -0.393 e. The van der Waals surface area contributed by atoms with Crippen LogP contribution in [0.3, 0.4) is 0 Å². The summed E-state index contributed by atoms with van der Waals surface area (Å²) >= 11 is 0. The highest BCUT2D eigenvalue weighted by molar-refractivity contribution is 5.94. The predicted molar refractivity (Wildman–Crippen MR) is 70.0 cm³/mol. The van der Waals surface area contributed by atoms with Gasteiger partial charge in [-0.3, -0.25) is 4.79 Å². The Kier molecular flexibility index (Phi) is 4.33. The molecule has 4 nitrogen and oxygen atoms in total. The summed E-state index contributed by atoms with van der Waals surface area (Å²) in [6.45, 7) is 1.14. The third-order valence-corrected chi connectivity index (χ3v) is 3.52. The largest absolute Gasteiger partial charge is 0.393 e. The summed E-state index contributed by atoms with van der Waals surface area (Å²) in [6, 6.07) is 7.32. The first-order valence-corrected chi connectivity index (χ1v) is 6.44. The molecule has 0 radical (unpaired) electrons. The molecule has 1 aliphatic rings. The van der Waals surface area contributed by atoms with Crippen LogP contribution in [0, 0.1) is 5.92 Å². The first-order valence-electron chi connectivity index (χ1n) is 6.44. The second kappa shape index (κ2) is 5.98. The van der Waals surface area contributed by atoms with Gasteiger partial charge in [-0.1, -0.05) is 12.1 Å². The summed E-state index contributed by atoms with van der Waals surface area (Å²) in [4.78, 5) is 11.9. The molecule has 1 aromatic rings. The number of benzene rings is 1. The van der Waals surface area contributed by atoms with Gasteiger partial charge < -0.3 is 16.2 Å². The Morgan fingerprint density at radius 2 is 2.06 bits per heavy atom. The van der Waals surface area contributed by atoms with Gasteiger partial charge in [0, 0.05) is 18.7 Å². The highest BCUT2D eigenvalue weighted by Crippen LogP contribution is 2.24. The number of carbonyl (C=O) groups is 1. The normalized spacial score (nSPS) is 23.0. The van der Waals surface area contributed by atoms with Crippen molar-refractivity contribution in [1.29, 1.82) is 0 Å². The Hall–Kier alpha value is -1.39. The average Bonchev–Trinajstić information content (AvgIpc) is 2.82. The quantitative estimate of drug-likeness (QED) is 0.745. The van der Waals surface area contributed by atoms with Gasteiger partial charge >= 0.3 is 0 Å². The van der Waals surface area contributed by atoms with Gasteiger partial charge in [-0.25, -0.2) is 0 Å². The fourth-order valence-corrected chi connectivity index (χ4v) is 2.37. The van der Waals surface area contributed by atoms with Gasteiger partial charge in [0.15, 0.2) is 0 Å². The zero-order valence-electron chi connectivity index (χ0n) is 10.4. The van der Waals surface area contributed by atoms with E-state index >= 15 is 0 Å². The van der Waals surface area contributed by atoms with E-state index in [-0.39, 0.29) is 12.0 Å². The molecular formula is C14H20N2O2. The zero-order valence-corrected chi connectivity index (χ0v) is 10.4. The van der Waals surface area contributed by atoms with Crippen molar-refractivity contribution < 1.29 is 9.90 Å². The molecule has 1 fully saturated rings. The maximum Gasteiger partial charge on any atom is 0.251 e. The number of hydrogen-bond donors (Lipinski definition) is 3. The molecule has 0 saturated heterocycles. The fourth-order valence-electron chi connectivity index (χ4n) is 2.37. The van der Waals surface area contributed by atoms with Crippen LogP contribution in [-0.4, -0.2) is 23.7 Å². The van der Waals surface area contributed by atoms with Gasteiger partial charge in [-0.2, -0.15) is 0 Å². The molecule has 0 heterocycles. The summed E-state index contributed by atoms with van der Waals surface area (Å²) in [5.74, 6) is 0.354. The lowest BCUT2D eigenvalue weighted by Gasteiger charge is -2.11. The minimum atomic E-state index is -0.185. The Morgan fingerprint density at radius 3 is 2.61 bits per heavy atom. The van der Waals surface area contributed by atoms with Crippen molar-refractivity contribution in [3.05, 3.63) is 35.4 Å². The molecular weight excluding hydrogens is 228 g/mol. The molecule has 0 spiro atoms. The number of aliphatic hydroxyl groups is 1. The zero-order chi connectivity index (χ0) is 13.0. The van der Waals surface area contributed by atoms with Gasteiger partial charge in [-0.05, 0) is 42.9 Å². The summed E-state index contributed by atoms with van der Waals surface area (Å²) in [5, 5.41) is 12.3. The standard InChI is InChI=1S/C14H20N2O2/c15-8-10-1-4-12(5-2-10)14(18)16-9-11-3-6-13(17)7-11/h1-2,4-5,11,13,17H,3,6-9,15H2,(H,16,18). The number of nitrogens with two attached hydrogens (primary N) is 1. The summed E-state index contributed by atoms with van der Waals surface area (Å²) < 4.78 is 0. The fraction of sp³-hybridized carbons (Fsp3) is 0.500. The lowest BCUT2D eigenvalue weighted by atomic mass is 10.1. The summed E-state index contributed by atoms with van der Waals surface area (Å²) in [7, 11) is 0. The molecule has 2 rings (SSSR count). The Bertz CT molecular complexity index is 403. The molecule has 0 bridgehead atoms. The molecule has 4 heteroatoms. The number of hydrogen-bond acceptors (Lipinski definition) is 3. The van der Waals surface area contributed by atoms with Crippen LogP contribution in [0.1, 0.15) is 35.2 Å². The lowest BCUT2D eigenvalue weighted by Crippen LogP contribution is -2.28. The van der Waals surface area contributed by atoms with Crippen molar-refractivity contribution >= 4 is 5.91 Å². The van der Waals surface area contributed by atoms with E-state index in [1.165, 1.54) is 0 Å². The van der Waals surface area contributed by atoms with Gasteiger partial charge in [-0.15, -0.1) is 0 Å². The third kappa shape index (κ3) is 3.31. The number of rotatable bonds is 4. The Labute approximate surface area is 107 Å². The Balaban J connectivity index is 1.83. The van der Waals surface area contributed by atoms with Crippen molar-refractivity contribution in [2.24, 2.45) is 11.7 Å². The highest BCUT2D eigenvalue weighted by Gasteiger charge is 2.22. The molecule has 4 N–H and O–H groups in total. The number of aliphatic hydroxyl groups excluding tert-OH is 1. The van der Waals surface area contributed by atoms with Crippen molar-refractivity contribution in [3.63, 3.8) is 0 Å². The SMILES string of the molecule is NCc1ccc(C(=O)NCC2CCC(O)C2)cc1. The highest BCUT2D eigenvalue weighted by atomic mass is 16.3. The van der Waals surface area contributed by atoms with Crippen LogP contribution < -0.4 is 11.1 Å². The second-order valence-corrected chi connectivity index (χ2v) is 4.94. The lowest BCUT2D eigenvalue weighted by molar-refractivity contribution is 0.0945. The van der Waals surface area contributed by atoms with Crippen molar-refractivity contribution in [3.8, 4) is 0 Å². The number of nitrogens with one attached hydrogen (secondary N) is 1. The van der Waals surface area contributed by atoms with E-state index in [0.29, 0.717) is 24.6 Å². The van der Waals surface area contributed by atoms with Gasteiger partial charge in [0.1, 0.15) is 0 Å². The monoisotopic (exact) mass is 248 g/mol. The number of carbonyl (C=O) groups excluding carboxylic acids is 1. The molecule has 2 unspecified atom stereocenters. The van der Waals surface area contributed by atoms with Crippen LogP contribution in [0.2, 0.25) is 0 Å².